The van der Waals surface area contributed by atoms with Crippen LogP contribution in [0.25, 0.3) is 0 Å². The molecule has 2 aromatic carbocycles. The number of carbonyl (C=O) groups excluding carboxylic acids is 1. The van der Waals surface area contributed by atoms with Crippen LogP contribution < -0.4 is 10.1 Å². The molecule has 0 bridgehead atoms. The predicted octanol–water partition coefficient (Wildman–Crippen LogP) is 4.79. The van der Waals surface area contributed by atoms with Crippen LogP contribution in [0, 0.1) is 0 Å². The number of ether oxygens (including phenoxy) is 1. The van der Waals surface area contributed by atoms with E-state index in [4.69, 9.17) is 4.74 Å². The van der Waals surface area contributed by atoms with Crippen molar-refractivity contribution in [1.29, 1.82) is 0 Å². The molecule has 1 aliphatic heterocycles. The number of likely N-dealkylation sites (N-methyl/N-ethyl adjacent to an activating group) is 1. The van der Waals surface area contributed by atoms with Gasteiger partial charge in [-0.15, -0.1) is 11.8 Å². The molecule has 0 saturated carbocycles. The average molecular weight is 439 g/mol. The van der Waals surface area contributed by atoms with Crippen LogP contribution in [0.5, 0.6) is 5.75 Å². The van der Waals surface area contributed by atoms with E-state index >= 15 is 0 Å². The van der Waals surface area contributed by atoms with Crippen LogP contribution in [0.3, 0.4) is 0 Å². The Bertz CT molecular complexity index is 880. The van der Waals surface area contributed by atoms with Gasteiger partial charge < -0.3 is 15.0 Å². The minimum Gasteiger partial charge on any atom is -0.496 e. The van der Waals surface area contributed by atoms with Crippen molar-refractivity contribution >= 4 is 17.7 Å². The summed E-state index contributed by atoms with van der Waals surface area (Å²) in [5.74, 6) is -0.525. The van der Waals surface area contributed by atoms with Gasteiger partial charge in [-0.1, -0.05) is 30.3 Å². The molecule has 0 unspecified atom stereocenters. The van der Waals surface area contributed by atoms with Crippen LogP contribution in [-0.4, -0.2) is 44.3 Å². The van der Waals surface area contributed by atoms with Crippen molar-refractivity contribution in [3.05, 3.63) is 59.2 Å². The highest BCUT2D eigenvalue weighted by Crippen LogP contribution is 2.39. The van der Waals surface area contributed by atoms with Crippen molar-refractivity contribution in [3.63, 3.8) is 0 Å². The SMILES string of the molecule is COc1cc(C(F)(F)F)cc(SC)c1C(=O)N[C@@]1(c2ccccc2)CCCN(C)C1. The monoisotopic (exact) mass is 438 g/mol. The first-order chi connectivity index (χ1) is 14.2. The molecule has 1 aliphatic rings. The smallest absolute Gasteiger partial charge is 0.416 e. The van der Waals surface area contributed by atoms with Gasteiger partial charge in [0.05, 0.1) is 23.8 Å². The summed E-state index contributed by atoms with van der Waals surface area (Å²) < 4.78 is 45.1. The van der Waals surface area contributed by atoms with E-state index in [1.165, 1.54) is 7.11 Å². The van der Waals surface area contributed by atoms with E-state index in [9.17, 15) is 18.0 Å². The molecule has 1 amide bonds. The van der Waals surface area contributed by atoms with Gasteiger partial charge in [-0.25, -0.2) is 0 Å². The highest BCUT2D eigenvalue weighted by Gasteiger charge is 2.39. The molecule has 30 heavy (non-hydrogen) atoms. The van der Waals surface area contributed by atoms with Crippen LogP contribution in [0.2, 0.25) is 0 Å². The lowest BCUT2D eigenvalue weighted by Crippen LogP contribution is -2.55. The number of amides is 1. The summed E-state index contributed by atoms with van der Waals surface area (Å²) in [7, 11) is 3.27. The Kier molecular flexibility index (Phi) is 6.67. The van der Waals surface area contributed by atoms with Crippen LogP contribution in [0.1, 0.15) is 34.3 Å². The summed E-state index contributed by atoms with van der Waals surface area (Å²) in [6, 6.07) is 11.6. The molecule has 0 aliphatic carbocycles. The molecule has 0 spiro atoms. The van der Waals surface area contributed by atoms with E-state index in [-0.39, 0.29) is 16.2 Å². The number of benzene rings is 2. The molecule has 2 aromatic rings. The second-order valence-corrected chi connectivity index (χ2v) is 8.35. The fraction of sp³-hybridized carbons (Fsp3) is 0.409. The van der Waals surface area contributed by atoms with E-state index in [0.717, 1.165) is 48.8 Å². The van der Waals surface area contributed by atoms with E-state index in [1.54, 1.807) is 6.26 Å². The van der Waals surface area contributed by atoms with Crippen molar-refractivity contribution in [2.75, 3.05) is 33.5 Å². The molecular formula is C22H25F3N2O2S. The second kappa shape index (κ2) is 8.89. The number of likely N-dealkylation sites (tertiary alicyclic amines) is 1. The van der Waals surface area contributed by atoms with E-state index in [1.807, 2.05) is 37.4 Å². The van der Waals surface area contributed by atoms with Gasteiger partial charge >= 0.3 is 6.18 Å². The summed E-state index contributed by atoms with van der Waals surface area (Å²) in [6.45, 7) is 1.53. The number of piperidine rings is 1. The number of halogens is 3. The maximum atomic E-state index is 13.4. The Morgan fingerprint density at radius 3 is 2.50 bits per heavy atom. The molecule has 4 nitrogen and oxygen atoms in total. The number of rotatable bonds is 5. The molecule has 0 radical (unpaired) electrons. The number of thioether (sulfide) groups is 1. The van der Waals surface area contributed by atoms with Crippen molar-refractivity contribution < 1.29 is 22.7 Å². The zero-order chi connectivity index (χ0) is 21.9. The Hall–Kier alpha value is -2.19. The number of nitrogens with zero attached hydrogens (tertiary/aromatic N) is 1. The lowest BCUT2D eigenvalue weighted by Gasteiger charge is -2.42. The Morgan fingerprint density at radius 1 is 1.23 bits per heavy atom. The standard InChI is InChI=1S/C22H25F3N2O2S/c1-27-11-7-10-21(14-27,15-8-5-4-6-9-15)26-20(28)19-17(29-2)12-16(22(23,24)25)13-18(19)30-3/h4-6,8-9,12-13H,7,10-11,14H2,1-3H3,(H,26,28)/t21-/m0/s1. The molecule has 1 fully saturated rings. The van der Waals surface area contributed by atoms with Gasteiger partial charge in [0.1, 0.15) is 5.75 Å². The molecule has 3 rings (SSSR count). The highest BCUT2D eigenvalue weighted by atomic mass is 32.2. The molecule has 1 saturated heterocycles. The van der Waals surface area contributed by atoms with Crippen LogP contribution >= 0.6 is 11.8 Å². The lowest BCUT2D eigenvalue weighted by atomic mass is 9.82. The first-order valence-corrected chi connectivity index (χ1v) is 10.8. The zero-order valence-electron chi connectivity index (χ0n) is 17.2. The van der Waals surface area contributed by atoms with Gasteiger partial charge in [0.25, 0.3) is 5.91 Å². The summed E-state index contributed by atoms with van der Waals surface area (Å²) in [5.41, 5.74) is -0.368. The van der Waals surface area contributed by atoms with Gasteiger partial charge in [-0.3, -0.25) is 4.79 Å². The number of hydrogen-bond acceptors (Lipinski definition) is 4. The van der Waals surface area contributed by atoms with E-state index in [2.05, 4.69) is 10.2 Å². The van der Waals surface area contributed by atoms with Gasteiger partial charge in [0.15, 0.2) is 0 Å². The van der Waals surface area contributed by atoms with Crippen molar-refractivity contribution in [2.45, 2.75) is 29.5 Å². The normalized spacial score (nSPS) is 20.1. The number of alkyl halides is 3. The minimum atomic E-state index is -4.52. The average Bonchev–Trinajstić information content (AvgIpc) is 2.72. The zero-order valence-corrected chi connectivity index (χ0v) is 18.0. The van der Waals surface area contributed by atoms with Crippen molar-refractivity contribution in [1.82, 2.24) is 10.2 Å². The van der Waals surface area contributed by atoms with Crippen LogP contribution in [0.15, 0.2) is 47.4 Å². The quantitative estimate of drug-likeness (QED) is 0.682. The van der Waals surface area contributed by atoms with Gasteiger partial charge in [0.2, 0.25) is 0 Å². The molecule has 1 heterocycles. The molecule has 1 N–H and O–H groups in total. The Labute approximate surface area is 178 Å². The molecule has 1 atom stereocenters. The van der Waals surface area contributed by atoms with Crippen molar-refractivity contribution in [3.8, 4) is 5.75 Å². The summed E-state index contributed by atoms with van der Waals surface area (Å²) in [5, 5.41) is 3.15. The highest BCUT2D eigenvalue weighted by molar-refractivity contribution is 7.98. The van der Waals surface area contributed by atoms with Crippen molar-refractivity contribution in [2.24, 2.45) is 0 Å². The van der Waals surface area contributed by atoms with Gasteiger partial charge in [-0.05, 0) is 50.4 Å². The molecule has 0 aromatic heterocycles. The van der Waals surface area contributed by atoms with Gasteiger partial charge in [-0.2, -0.15) is 13.2 Å². The summed E-state index contributed by atoms with van der Waals surface area (Å²) >= 11 is 1.09. The Morgan fingerprint density at radius 2 is 1.93 bits per heavy atom. The number of nitrogens with one attached hydrogen (secondary N) is 1. The summed E-state index contributed by atoms with van der Waals surface area (Å²) in [6.07, 6.45) is -1.24. The van der Waals surface area contributed by atoms with Crippen LogP contribution in [0.4, 0.5) is 13.2 Å². The van der Waals surface area contributed by atoms with Crippen LogP contribution in [-0.2, 0) is 11.7 Å². The fourth-order valence-corrected chi connectivity index (χ4v) is 4.66. The number of carbonyl (C=O) groups is 1. The maximum Gasteiger partial charge on any atom is 0.416 e. The third-order valence-electron chi connectivity index (χ3n) is 5.42. The molecule has 162 valence electrons. The maximum absolute atomic E-state index is 13.4. The fourth-order valence-electron chi connectivity index (χ4n) is 4.02. The van der Waals surface area contributed by atoms with E-state index in [0.29, 0.717) is 6.54 Å². The summed E-state index contributed by atoms with van der Waals surface area (Å²) in [4.78, 5) is 15.8. The van der Waals surface area contributed by atoms with E-state index < -0.39 is 23.2 Å². The Balaban J connectivity index is 2.04. The van der Waals surface area contributed by atoms with Gasteiger partial charge in [0, 0.05) is 11.4 Å². The minimum absolute atomic E-state index is 0.0842. The second-order valence-electron chi connectivity index (χ2n) is 7.50. The number of hydrogen-bond donors (Lipinski definition) is 1. The predicted molar refractivity (Wildman–Crippen MR) is 112 cm³/mol. The third kappa shape index (κ3) is 4.59. The first kappa shape index (κ1) is 22.5. The lowest BCUT2D eigenvalue weighted by molar-refractivity contribution is -0.137. The largest absolute Gasteiger partial charge is 0.496 e. The topological polar surface area (TPSA) is 41.6 Å². The number of methoxy groups -OCH3 is 1. The molecular weight excluding hydrogens is 413 g/mol. The molecule has 8 heteroatoms. The third-order valence-corrected chi connectivity index (χ3v) is 6.18. The first-order valence-electron chi connectivity index (χ1n) is 9.60.